The van der Waals surface area contributed by atoms with Crippen molar-refractivity contribution >= 4 is 23.9 Å². The number of allylic oxidation sites excluding steroid dienone is 5. The molecule has 0 amide bonds. The van der Waals surface area contributed by atoms with E-state index < -0.39 is 54.4 Å². The summed E-state index contributed by atoms with van der Waals surface area (Å²) in [7, 11) is 0. The lowest BCUT2D eigenvalue weighted by molar-refractivity contribution is -0.254. The first-order valence-corrected chi connectivity index (χ1v) is 15.0. The standard InChI is InChI=1S/C34H40O11/c1-6-25-12-13-26(17-27(25)28(29-18-39-14-15-40-29)16-24-10-8-7-9-11-24)31-33(43-22(4)37)34(44-23(5)38)32(42-21(3)36)30(45-31)19-41-20(2)35/h7-8,10,12-15,17-18,28,30-34H,6,9,11,16,19H2,1-5H3. The van der Waals surface area contributed by atoms with E-state index in [0.29, 0.717) is 24.2 Å². The largest absolute Gasteiger partial charge is 0.466 e. The number of benzene rings is 1. The maximum Gasteiger partial charge on any atom is 0.303 e. The fourth-order valence-corrected chi connectivity index (χ4v) is 5.82. The van der Waals surface area contributed by atoms with Gasteiger partial charge in [0.05, 0.1) is 0 Å². The summed E-state index contributed by atoms with van der Waals surface area (Å²) < 4.78 is 40.0. The third kappa shape index (κ3) is 8.85. The Kier molecular flexibility index (Phi) is 11.6. The summed E-state index contributed by atoms with van der Waals surface area (Å²) in [5.41, 5.74) is 3.86. The molecular formula is C34H40O11. The molecule has 1 aromatic carbocycles. The molecule has 0 spiro atoms. The molecule has 0 N–H and O–H groups in total. The van der Waals surface area contributed by atoms with Gasteiger partial charge in [-0.25, -0.2) is 0 Å². The zero-order chi connectivity index (χ0) is 32.5. The summed E-state index contributed by atoms with van der Waals surface area (Å²) in [5, 5.41) is 0. The average molecular weight is 625 g/mol. The van der Waals surface area contributed by atoms with Gasteiger partial charge in [0.1, 0.15) is 43.4 Å². The zero-order valence-electron chi connectivity index (χ0n) is 26.2. The van der Waals surface area contributed by atoms with Crippen molar-refractivity contribution < 1.29 is 52.3 Å². The SMILES string of the molecule is CCc1ccc(C2OC(COC(C)=O)C(OC(C)=O)C(OC(C)=O)C2OC(C)=O)cc1C(CC1=CC=CCC1)C1=COC=CO1. The van der Waals surface area contributed by atoms with Gasteiger partial charge in [-0.2, -0.15) is 0 Å². The Morgan fingerprint density at radius 3 is 2.22 bits per heavy atom. The summed E-state index contributed by atoms with van der Waals surface area (Å²) >= 11 is 0. The van der Waals surface area contributed by atoms with Gasteiger partial charge in [0.15, 0.2) is 18.3 Å². The predicted octanol–water partition coefficient (Wildman–Crippen LogP) is 5.16. The lowest BCUT2D eigenvalue weighted by atomic mass is 9.82. The van der Waals surface area contributed by atoms with Crippen LogP contribution in [-0.2, 0) is 58.8 Å². The van der Waals surface area contributed by atoms with Gasteiger partial charge in [-0.3, -0.25) is 19.2 Å². The minimum Gasteiger partial charge on any atom is -0.466 e. The van der Waals surface area contributed by atoms with Gasteiger partial charge in [0.25, 0.3) is 0 Å². The molecule has 6 unspecified atom stereocenters. The normalized spacial score (nSPS) is 24.6. The van der Waals surface area contributed by atoms with Crippen LogP contribution < -0.4 is 0 Å². The Balaban J connectivity index is 1.83. The Labute approximate surface area is 262 Å². The van der Waals surface area contributed by atoms with E-state index in [1.807, 2.05) is 18.2 Å². The molecule has 1 saturated heterocycles. The molecule has 0 aromatic heterocycles. The second-order valence-corrected chi connectivity index (χ2v) is 11.0. The minimum absolute atomic E-state index is 0.228. The number of carbonyl (C=O) groups is 4. The molecule has 6 atom stereocenters. The van der Waals surface area contributed by atoms with Crippen LogP contribution in [0.4, 0.5) is 0 Å². The Morgan fingerprint density at radius 2 is 1.62 bits per heavy atom. The van der Waals surface area contributed by atoms with E-state index in [0.717, 1.165) is 24.0 Å². The maximum absolute atomic E-state index is 12.4. The molecule has 11 nitrogen and oxygen atoms in total. The Bertz CT molecular complexity index is 1390. The number of hydrogen-bond acceptors (Lipinski definition) is 11. The Morgan fingerprint density at radius 1 is 0.911 bits per heavy atom. The molecule has 2 heterocycles. The van der Waals surface area contributed by atoms with Crippen molar-refractivity contribution in [1.29, 1.82) is 0 Å². The first-order chi connectivity index (χ1) is 21.6. The molecule has 1 fully saturated rings. The van der Waals surface area contributed by atoms with Gasteiger partial charge in [0, 0.05) is 33.6 Å². The van der Waals surface area contributed by atoms with Gasteiger partial charge in [-0.1, -0.05) is 48.9 Å². The smallest absolute Gasteiger partial charge is 0.303 e. The molecule has 0 bridgehead atoms. The second kappa shape index (κ2) is 15.6. The molecule has 2 aliphatic heterocycles. The highest BCUT2D eigenvalue weighted by atomic mass is 16.7. The van der Waals surface area contributed by atoms with Crippen LogP contribution in [0.3, 0.4) is 0 Å². The van der Waals surface area contributed by atoms with Crippen molar-refractivity contribution in [3.8, 4) is 0 Å². The van der Waals surface area contributed by atoms with E-state index in [1.165, 1.54) is 45.8 Å². The molecular weight excluding hydrogens is 584 g/mol. The minimum atomic E-state index is -1.26. The molecule has 0 radical (unpaired) electrons. The van der Waals surface area contributed by atoms with Crippen LogP contribution in [0.2, 0.25) is 0 Å². The highest BCUT2D eigenvalue weighted by Crippen LogP contribution is 2.42. The van der Waals surface area contributed by atoms with E-state index >= 15 is 0 Å². The van der Waals surface area contributed by atoms with E-state index in [2.05, 4.69) is 25.2 Å². The summed E-state index contributed by atoms with van der Waals surface area (Å²) in [6.45, 7) is 6.60. The predicted molar refractivity (Wildman–Crippen MR) is 160 cm³/mol. The van der Waals surface area contributed by atoms with Crippen LogP contribution in [0.15, 0.2) is 66.5 Å². The molecule has 242 valence electrons. The van der Waals surface area contributed by atoms with Crippen molar-refractivity contribution in [3.05, 3.63) is 83.2 Å². The molecule has 3 aliphatic rings. The van der Waals surface area contributed by atoms with Crippen molar-refractivity contribution in [2.24, 2.45) is 0 Å². The number of hydrogen-bond donors (Lipinski definition) is 0. The lowest BCUT2D eigenvalue weighted by Crippen LogP contribution is -2.59. The van der Waals surface area contributed by atoms with Crippen molar-refractivity contribution in [2.45, 2.75) is 96.7 Å². The molecule has 0 saturated carbocycles. The van der Waals surface area contributed by atoms with Crippen molar-refractivity contribution in [1.82, 2.24) is 0 Å². The van der Waals surface area contributed by atoms with Crippen molar-refractivity contribution in [3.63, 3.8) is 0 Å². The van der Waals surface area contributed by atoms with Gasteiger partial charge < -0.3 is 33.2 Å². The summed E-state index contributed by atoms with van der Waals surface area (Å²) in [6, 6.07) is 5.79. The summed E-state index contributed by atoms with van der Waals surface area (Å²) in [6.07, 6.45) is 8.34. The number of ether oxygens (including phenoxy) is 7. The Hall–Kier alpha value is -4.38. The number of aryl methyl sites for hydroxylation is 1. The van der Waals surface area contributed by atoms with Crippen LogP contribution in [0.5, 0.6) is 0 Å². The molecule has 45 heavy (non-hydrogen) atoms. The molecule has 11 heteroatoms. The third-order valence-corrected chi connectivity index (χ3v) is 7.68. The lowest BCUT2D eigenvalue weighted by Gasteiger charge is -2.44. The second-order valence-electron chi connectivity index (χ2n) is 11.0. The van der Waals surface area contributed by atoms with Gasteiger partial charge in [-0.15, -0.1) is 0 Å². The highest BCUT2D eigenvalue weighted by molar-refractivity contribution is 5.69. The third-order valence-electron chi connectivity index (χ3n) is 7.68. The van der Waals surface area contributed by atoms with Crippen LogP contribution >= 0.6 is 0 Å². The van der Waals surface area contributed by atoms with E-state index in [-0.39, 0.29) is 12.5 Å². The van der Waals surface area contributed by atoms with Crippen molar-refractivity contribution in [2.75, 3.05) is 6.61 Å². The van der Waals surface area contributed by atoms with Crippen LogP contribution in [-0.4, -0.2) is 54.9 Å². The van der Waals surface area contributed by atoms with E-state index in [4.69, 9.17) is 33.2 Å². The summed E-state index contributed by atoms with van der Waals surface area (Å²) in [5.74, 6) is -2.21. The van der Waals surface area contributed by atoms with E-state index in [1.54, 1.807) is 6.26 Å². The van der Waals surface area contributed by atoms with Crippen LogP contribution in [0, 0.1) is 0 Å². The average Bonchev–Trinajstić information content (AvgIpc) is 3.01. The van der Waals surface area contributed by atoms with Gasteiger partial charge in [-0.05, 0) is 42.4 Å². The van der Waals surface area contributed by atoms with E-state index in [9.17, 15) is 19.2 Å². The molecule has 1 aliphatic carbocycles. The maximum atomic E-state index is 12.4. The first-order valence-electron chi connectivity index (χ1n) is 15.0. The highest BCUT2D eigenvalue weighted by Gasteiger charge is 2.52. The quantitative estimate of drug-likeness (QED) is 0.239. The van der Waals surface area contributed by atoms with Crippen LogP contribution in [0.25, 0.3) is 0 Å². The number of rotatable bonds is 11. The zero-order valence-corrected chi connectivity index (χ0v) is 26.2. The van der Waals surface area contributed by atoms with Gasteiger partial charge in [0.2, 0.25) is 0 Å². The van der Waals surface area contributed by atoms with Gasteiger partial charge >= 0.3 is 23.9 Å². The molecule has 1 aromatic rings. The number of carbonyl (C=O) groups excluding carboxylic acids is 4. The monoisotopic (exact) mass is 624 g/mol. The fraction of sp³-hybridized carbons (Fsp3) is 0.471. The topological polar surface area (TPSA) is 133 Å². The fourth-order valence-electron chi connectivity index (χ4n) is 5.82. The number of esters is 4. The molecule has 4 rings (SSSR count). The first kappa shape index (κ1) is 33.5. The van der Waals surface area contributed by atoms with Crippen LogP contribution in [0.1, 0.15) is 82.6 Å². The summed E-state index contributed by atoms with van der Waals surface area (Å²) in [4.78, 5) is 48.6.